The third-order valence-corrected chi connectivity index (χ3v) is 6.62. The highest BCUT2D eigenvalue weighted by Crippen LogP contribution is 2.27. The van der Waals surface area contributed by atoms with E-state index >= 15 is 0 Å². The summed E-state index contributed by atoms with van der Waals surface area (Å²) in [7, 11) is 1.28. The van der Waals surface area contributed by atoms with E-state index in [1.165, 1.54) is 48.1 Å². The molecule has 172 valence electrons. The maximum atomic E-state index is 13.4. The van der Waals surface area contributed by atoms with Crippen molar-refractivity contribution < 1.29 is 23.5 Å². The molecule has 1 saturated heterocycles. The van der Waals surface area contributed by atoms with Gasteiger partial charge in [-0.05, 0) is 62.2 Å². The van der Waals surface area contributed by atoms with Crippen LogP contribution in [-0.4, -0.2) is 46.4 Å². The lowest BCUT2D eigenvalue weighted by molar-refractivity contribution is 0.0600. The van der Waals surface area contributed by atoms with Gasteiger partial charge in [0.2, 0.25) is 0 Å². The third kappa shape index (κ3) is 4.99. The van der Waals surface area contributed by atoms with Crippen LogP contribution in [0.3, 0.4) is 0 Å². The van der Waals surface area contributed by atoms with E-state index in [2.05, 4.69) is 4.98 Å². The predicted octanol–water partition coefficient (Wildman–Crippen LogP) is 3.86. The number of methoxy groups -OCH3 is 1. The van der Waals surface area contributed by atoms with Gasteiger partial charge in [0.1, 0.15) is 5.82 Å². The van der Waals surface area contributed by atoms with Crippen molar-refractivity contribution in [2.24, 2.45) is 0 Å². The van der Waals surface area contributed by atoms with Gasteiger partial charge in [-0.15, -0.1) is 0 Å². The predicted molar refractivity (Wildman–Crippen MR) is 122 cm³/mol. The van der Waals surface area contributed by atoms with Crippen LogP contribution < -0.4 is 5.56 Å². The quantitative estimate of drug-likeness (QED) is 0.224. The number of halogens is 1. The molecule has 7 nitrogen and oxygen atoms in total. The molecule has 1 fully saturated rings. The molecule has 1 aromatic heterocycles. The molecule has 0 radical (unpaired) electrons. The molecule has 0 saturated carbocycles. The lowest BCUT2D eigenvalue weighted by atomic mass is 10.1. The number of ether oxygens (including phenoxy) is 2. The van der Waals surface area contributed by atoms with Gasteiger partial charge in [-0.3, -0.25) is 14.2 Å². The number of aromatic nitrogens is 2. The number of benzene rings is 2. The topological polar surface area (TPSA) is 87.5 Å². The molecule has 4 rings (SSSR count). The number of esters is 1. The Morgan fingerprint density at radius 1 is 1.24 bits per heavy atom. The molecule has 1 aliphatic rings. The maximum absolute atomic E-state index is 13.4. The van der Waals surface area contributed by atoms with E-state index in [4.69, 9.17) is 9.47 Å². The summed E-state index contributed by atoms with van der Waals surface area (Å²) >= 11 is 1.15. The first kappa shape index (κ1) is 23.1. The molecule has 0 amide bonds. The molecule has 0 bridgehead atoms. The molecule has 0 spiro atoms. The van der Waals surface area contributed by atoms with Gasteiger partial charge in [-0.25, -0.2) is 14.2 Å². The molecule has 1 aliphatic heterocycles. The Morgan fingerprint density at radius 2 is 1.97 bits per heavy atom. The lowest BCUT2D eigenvalue weighted by Gasteiger charge is -2.18. The fourth-order valence-electron chi connectivity index (χ4n) is 3.75. The van der Waals surface area contributed by atoms with E-state index < -0.39 is 17.0 Å². The van der Waals surface area contributed by atoms with Crippen LogP contribution >= 0.6 is 11.8 Å². The zero-order chi connectivity index (χ0) is 23.5. The van der Waals surface area contributed by atoms with Crippen LogP contribution in [0.2, 0.25) is 0 Å². The number of Topliss-reactive ketones (excluding diaryl/α,β-unsaturated/α-hetero) is 1. The van der Waals surface area contributed by atoms with E-state index in [0.717, 1.165) is 24.6 Å². The summed E-state index contributed by atoms with van der Waals surface area (Å²) in [5, 5.41) is 0.134. The lowest BCUT2D eigenvalue weighted by Crippen LogP contribution is -2.29. The molecule has 2 atom stereocenters. The second kappa shape index (κ2) is 9.84. The molecular formula is C24H23FN2O5S. The van der Waals surface area contributed by atoms with Crippen molar-refractivity contribution in [2.75, 3.05) is 13.7 Å². The number of fused-ring (bicyclic) bond motifs is 1. The second-order valence-corrected chi connectivity index (χ2v) is 9.11. The van der Waals surface area contributed by atoms with Crippen molar-refractivity contribution >= 4 is 34.4 Å². The van der Waals surface area contributed by atoms with E-state index in [1.807, 2.05) is 0 Å². The average molecular weight is 471 g/mol. The molecule has 2 unspecified atom stereocenters. The Morgan fingerprint density at radius 3 is 2.64 bits per heavy atom. The fraction of sp³-hybridized carbons (Fsp3) is 0.333. The van der Waals surface area contributed by atoms with Gasteiger partial charge in [-0.2, -0.15) is 0 Å². The van der Waals surface area contributed by atoms with E-state index in [9.17, 15) is 18.8 Å². The number of carbonyl (C=O) groups is 2. The summed E-state index contributed by atoms with van der Waals surface area (Å²) in [5.41, 5.74) is 0.727. The Hall–Kier alpha value is -3.04. The number of ketones is 1. The van der Waals surface area contributed by atoms with Gasteiger partial charge < -0.3 is 9.47 Å². The average Bonchev–Trinajstić information content (AvgIpc) is 3.34. The van der Waals surface area contributed by atoms with Crippen LogP contribution in [0.15, 0.2) is 52.4 Å². The van der Waals surface area contributed by atoms with Crippen molar-refractivity contribution in [1.29, 1.82) is 0 Å². The van der Waals surface area contributed by atoms with Gasteiger partial charge in [0.05, 0.1) is 41.5 Å². The van der Waals surface area contributed by atoms with E-state index in [0.29, 0.717) is 34.8 Å². The Labute approximate surface area is 193 Å². The standard InChI is InChI=1S/C24H23FN2O5S/c1-14(21(28)15-5-8-17(25)9-6-15)33-24-26-20-12-16(23(30)31-2)7-10-19(20)22(29)27(24)13-18-4-3-11-32-18/h5-10,12,14,18H,3-4,11,13H2,1-2H3. The van der Waals surface area contributed by atoms with Gasteiger partial charge in [0.15, 0.2) is 10.9 Å². The molecule has 9 heteroatoms. The minimum atomic E-state index is -0.584. The van der Waals surface area contributed by atoms with Crippen LogP contribution in [0.25, 0.3) is 10.9 Å². The minimum Gasteiger partial charge on any atom is -0.465 e. The first-order valence-corrected chi connectivity index (χ1v) is 11.5. The molecule has 2 aromatic carbocycles. The summed E-state index contributed by atoms with van der Waals surface area (Å²) in [6, 6.07) is 9.94. The van der Waals surface area contributed by atoms with Crippen molar-refractivity contribution in [2.45, 2.75) is 42.8 Å². The summed E-state index contributed by atoms with van der Waals surface area (Å²) in [5.74, 6) is -1.16. The Balaban J connectivity index is 1.73. The minimum absolute atomic E-state index is 0.112. The number of nitrogens with zero attached hydrogens (tertiary/aromatic N) is 2. The summed E-state index contributed by atoms with van der Waals surface area (Å²) in [6.07, 6.45) is 1.64. The zero-order valence-corrected chi connectivity index (χ0v) is 19.1. The monoisotopic (exact) mass is 470 g/mol. The molecular weight excluding hydrogens is 447 g/mol. The highest BCUT2D eigenvalue weighted by molar-refractivity contribution is 8.00. The molecule has 2 heterocycles. The molecule has 3 aromatic rings. The van der Waals surface area contributed by atoms with Crippen molar-refractivity contribution in [3.8, 4) is 0 Å². The van der Waals surface area contributed by atoms with Gasteiger partial charge in [-0.1, -0.05) is 11.8 Å². The summed E-state index contributed by atoms with van der Waals surface area (Å²) in [4.78, 5) is 42.8. The first-order chi connectivity index (χ1) is 15.9. The highest BCUT2D eigenvalue weighted by atomic mass is 32.2. The molecule has 33 heavy (non-hydrogen) atoms. The number of thioether (sulfide) groups is 1. The number of rotatable bonds is 7. The number of carbonyl (C=O) groups excluding carboxylic acids is 2. The maximum Gasteiger partial charge on any atom is 0.337 e. The normalized spacial score (nSPS) is 16.6. The molecule has 0 N–H and O–H groups in total. The number of hydrogen-bond donors (Lipinski definition) is 0. The van der Waals surface area contributed by atoms with Crippen LogP contribution in [-0.2, 0) is 16.0 Å². The Bertz CT molecular complexity index is 1250. The van der Waals surface area contributed by atoms with Crippen LogP contribution in [0, 0.1) is 5.82 Å². The second-order valence-electron chi connectivity index (χ2n) is 7.80. The van der Waals surface area contributed by atoms with Crippen LogP contribution in [0.1, 0.15) is 40.5 Å². The highest BCUT2D eigenvalue weighted by Gasteiger charge is 2.24. The van der Waals surface area contributed by atoms with Crippen molar-refractivity contribution in [3.63, 3.8) is 0 Å². The zero-order valence-electron chi connectivity index (χ0n) is 18.2. The van der Waals surface area contributed by atoms with Gasteiger partial charge in [0, 0.05) is 12.2 Å². The molecule has 0 aliphatic carbocycles. The van der Waals surface area contributed by atoms with Crippen LogP contribution in [0.4, 0.5) is 4.39 Å². The van der Waals surface area contributed by atoms with Crippen molar-refractivity contribution in [3.05, 3.63) is 69.8 Å². The van der Waals surface area contributed by atoms with Crippen LogP contribution in [0.5, 0.6) is 0 Å². The van der Waals surface area contributed by atoms with E-state index in [-0.39, 0.29) is 23.0 Å². The first-order valence-electron chi connectivity index (χ1n) is 10.6. The fourth-order valence-corrected chi connectivity index (χ4v) is 4.74. The van der Waals surface area contributed by atoms with Crippen molar-refractivity contribution in [1.82, 2.24) is 9.55 Å². The smallest absolute Gasteiger partial charge is 0.337 e. The Kier molecular flexibility index (Phi) is 6.90. The summed E-state index contributed by atoms with van der Waals surface area (Å²) in [6.45, 7) is 2.68. The summed E-state index contributed by atoms with van der Waals surface area (Å²) < 4.78 is 25.3. The largest absolute Gasteiger partial charge is 0.465 e. The third-order valence-electron chi connectivity index (χ3n) is 5.53. The SMILES string of the molecule is COC(=O)c1ccc2c(=O)n(CC3CCCO3)c(SC(C)C(=O)c3ccc(F)cc3)nc2c1. The van der Waals surface area contributed by atoms with Gasteiger partial charge >= 0.3 is 5.97 Å². The number of hydrogen-bond acceptors (Lipinski definition) is 7. The van der Waals surface area contributed by atoms with E-state index in [1.54, 1.807) is 13.0 Å². The van der Waals surface area contributed by atoms with Gasteiger partial charge in [0.25, 0.3) is 5.56 Å².